The third-order valence-corrected chi connectivity index (χ3v) is 14.3. The van der Waals surface area contributed by atoms with Crippen molar-refractivity contribution >= 4 is 60.3 Å². The molecule has 2 heteroatoms. The first-order valence-electron chi connectivity index (χ1n) is 23.3. The van der Waals surface area contributed by atoms with E-state index in [0.717, 1.165) is 17.1 Å². The molecule has 0 radical (unpaired) electrons. The van der Waals surface area contributed by atoms with Crippen molar-refractivity contribution in [3.05, 3.63) is 254 Å². The third-order valence-electron chi connectivity index (χ3n) is 14.3. The predicted molar refractivity (Wildman–Crippen MR) is 284 cm³/mol. The van der Waals surface area contributed by atoms with Crippen molar-refractivity contribution in [3.8, 4) is 50.3 Å². The Morgan fingerprint density at radius 3 is 1.72 bits per heavy atom. The Balaban J connectivity index is 1.02. The van der Waals surface area contributed by atoms with Crippen LogP contribution in [0.1, 0.15) is 25.0 Å². The summed E-state index contributed by atoms with van der Waals surface area (Å²) in [5, 5.41) is 8.60. The summed E-state index contributed by atoms with van der Waals surface area (Å²) in [7, 11) is 0. The first-order chi connectivity index (χ1) is 33.0. The summed E-state index contributed by atoms with van der Waals surface area (Å²) in [5.74, 6) is 0. The summed E-state index contributed by atoms with van der Waals surface area (Å²) in [6, 6.07) is 89.5. The van der Waals surface area contributed by atoms with Gasteiger partial charge in [0.1, 0.15) is 0 Å². The van der Waals surface area contributed by atoms with Gasteiger partial charge in [-0.2, -0.15) is 0 Å². The Morgan fingerprint density at radius 1 is 0.358 bits per heavy atom. The van der Waals surface area contributed by atoms with Crippen molar-refractivity contribution in [2.45, 2.75) is 19.3 Å². The van der Waals surface area contributed by atoms with Crippen LogP contribution < -0.4 is 4.90 Å². The van der Waals surface area contributed by atoms with E-state index in [1.165, 1.54) is 105 Å². The molecule has 0 fully saturated rings. The molecule has 1 heterocycles. The van der Waals surface area contributed by atoms with E-state index in [-0.39, 0.29) is 5.41 Å². The van der Waals surface area contributed by atoms with E-state index in [4.69, 9.17) is 0 Å². The largest absolute Gasteiger partial charge is 0.310 e. The van der Waals surface area contributed by atoms with Crippen molar-refractivity contribution in [2.24, 2.45) is 0 Å². The highest BCUT2D eigenvalue weighted by molar-refractivity contribution is 6.20. The van der Waals surface area contributed by atoms with Crippen LogP contribution in [0.15, 0.2) is 243 Å². The van der Waals surface area contributed by atoms with Crippen molar-refractivity contribution < 1.29 is 0 Å². The van der Waals surface area contributed by atoms with Crippen LogP contribution >= 0.6 is 0 Å². The molecule has 0 amide bonds. The molecule has 1 aliphatic carbocycles. The monoisotopic (exact) mass is 854 g/mol. The number of fused-ring (bicyclic) bond motifs is 8. The van der Waals surface area contributed by atoms with Crippen LogP contribution in [-0.2, 0) is 5.41 Å². The summed E-state index contributed by atoms with van der Waals surface area (Å²) in [6.45, 7) is 4.81. The van der Waals surface area contributed by atoms with Gasteiger partial charge in [0.15, 0.2) is 0 Å². The average Bonchev–Trinajstić information content (AvgIpc) is 3.85. The van der Waals surface area contributed by atoms with Gasteiger partial charge in [-0.1, -0.05) is 202 Å². The van der Waals surface area contributed by atoms with Crippen LogP contribution in [0.3, 0.4) is 0 Å². The van der Waals surface area contributed by atoms with E-state index in [2.05, 4.69) is 266 Å². The fraction of sp³-hybridized carbons (Fsp3) is 0.0462. The summed E-state index contributed by atoms with van der Waals surface area (Å²) >= 11 is 0. The van der Waals surface area contributed by atoms with Crippen molar-refractivity contribution in [3.63, 3.8) is 0 Å². The fourth-order valence-corrected chi connectivity index (χ4v) is 11.2. The molecule has 1 aromatic heterocycles. The second-order valence-electron chi connectivity index (χ2n) is 18.5. The molecule has 11 aromatic carbocycles. The molecule has 0 bridgehead atoms. The van der Waals surface area contributed by atoms with Gasteiger partial charge in [0.25, 0.3) is 0 Å². The molecule has 13 rings (SSSR count). The zero-order chi connectivity index (χ0) is 44.6. The van der Waals surface area contributed by atoms with Gasteiger partial charge in [-0.25, -0.2) is 0 Å². The fourth-order valence-electron chi connectivity index (χ4n) is 11.2. The maximum Gasteiger partial charge on any atom is 0.0620 e. The average molecular weight is 855 g/mol. The Labute approximate surface area is 391 Å². The van der Waals surface area contributed by atoms with Gasteiger partial charge in [0.2, 0.25) is 0 Å². The highest BCUT2D eigenvalue weighted by atomic mass is 15.1. The minimum Gasteiger partial charge on any atom is -0.310 e. The number of benzene rings is 11. The third kappa shape index (κ3) is 6.18. The van der Waals surface area contributed by atoms with E-state index in [1.54, 1.807) is 0 Å². The Morgan fingerprint density at radius 2 is 0.955 bits per heavy atom. The summed E-state index contributed by atoms with van der Waals surface area (Å²) in [6.07, 6.45) is 0. The molecule has 1 aliphatic rings. The van der Waals surface area contributed by atoms with Gasteiger partial charge < -0.3 is 9.47 Å². The molecule has 0 spiro atoms. The second-order valence-corrected chi connectivity index (χ2v) is 18.5. The van der Waals surface area contributed by atoms with E-state index < -0.39 is 0 Å². The Hall–Kier alpha value is -8.46. The lowest BCUT2D eigenvalue weighted by Gasteiger charge is -2.29. The number of nitrogens with zero attached hydrogens (tertiary/aromatic N) is 2. The quantitative estimate of drug-likeness (QED) is 0.155. The first-order valence-corrected chi connectivity index (χ1v) is 23.3. The molecule has 12 aromatic rings. The lowest BCUT2D eigenvalue weighted by atomic mass is 9.81. The summed E-state index contributed by atoms with van der Waals surface area (Å²) in [4.78, 5) is 2.42. The highest BCUT2D eigenvalue weighted by Gasteiger charge is 2.37. The van der Waals surface area contributed by atoms with E-state index in [9.17, 15) is 0 Å². The zero-order valence-corrected chi connectivity index (χ0v) is 37.5. The van der Waals surface area contributed by atoms with Gasteiger partial charge in [-0.15, -0.1) is 0 Å². The standard InChI is InChI=1S/C65H46N2/c1-65(2)59-40-48(34-37-54(59)55-38-36-51(41-60(55)65)66(49-27-10-5-11-28-49)61-32-18-26-44-20-14-15-29-52(44)61)57-42-58-62(45-21-6-3-7-22-45)63(46-23-8-4-9-24-46)67(64(58)56-31-17-16-30-53(56)57)50-35-33-43-19-12-13-25-47(43)39-50/h3-42H,1-2H3. The van der Waals surface area contributed by atoms with Gasteiger partial charge in [0.05, 0.1) is 16.9 Å². The van der Waals surface area contributed by atoms with Crippen LogP contribution in [0, 0.1) is 0 Å². The number of hydrogen-bond acceptors (Lipinski definition) is 1. The maximum atomic E-state index is 2.53. The molecular weight excluding hydrogens is 809 g/mol. The van der Waals surface area contributed by atoms with E-state index >= 15 is 0 Å². The van der Waals surface area contributed by atoms with Crippen molar-refractivity contribution in [2.75, 3.05) is 4.90 Å². The number of anilines is 3. The molecule has 2 nitrogen and oxygen atoms in total. The summed E-state index contributed by atoms with van der Waals surface area (Å²) in [5.41, 5.74) is 18.1. The molecule has 0 unspecified atom stereocenters. The molecule has 67 heavy (non-hydrogen) atoms. The number of rotatable bonds is 7. The van der Waals surface area contributed by atoms with Gasteiger partial charge in [-0.3, -0.25) is 0 Å². The Bertz CT molecular complexity index is 3870. The number of hydrogen-bond donors (Lipinski definition) is 0. The Kier molecular flexibility index (Phi) is 8.91. The second kappa shape index (κ2) is 15.3. The van der Waals surface area contributed by atoms with Crippen molar-refractivity contribution in [1.82, 2.24) is 4.57 Å². The highest BCUT2D eigenvalue weighted by Crippen LogP contribution is 2.53. The van der Waals surface area contributed by atoms with Crippen molar-refractivity contribution in [1.29, 1.82) is 0 Å². The summed E-state index contributed by atoms with van der Waals surface area (Å²) < 4.78 is 2.53. The lowest BCUT2D eigenvalue weighted by molar-refractivity contribution is 0.660. The lowest BCUT2D eigenvalue weighted by Crippen LogP contribution is -2.16. The SMILES string of the molecule is CC1(C)c2cc(-c3cc4c(-c5ccccc5)c(-c5ccccc5)n(-c5ccc6ccccc6c5)c4c4ccccc34)ccc2-c2ccc(N(c3ccccc3)c3cccc4ccccc34)cc21. The smallest absolute Gasteiger partial charge is 0.0620 e. The van der Waals surface area contributed by atoms with Crippen LogP contribution in [0.5, 0.6) is 0 Å². The predicted octanol–water partition coefficient (Wildman–Crippen LogP) is 17.9. The van der Waals surface area contributed by atoms with Crippen LogP contribution in [0.4, 0.5) is 17.1 Å². The molecule has 0 N–H and O–H groups in total. The molecule has 0 saturated carbocycles. The molecule has 0 aliphatic heterocycles. The van der Waals surface area contributed by atoms with Gasteiger partial charge >= 0.3 is 0 Å². The molecular formula is C65H46N2. The van der Waals surface area contributed by atoms with Gasteiger partial charge in [0, 0.05) is 44.2 Å². The van der Waals surface area contributed by atoms with Crippen LogP contribution in [0.25, 0.3) is 93.5 Å². The normalized spacial score (nSPS) is 12.7. The number of para-hydroxylation sites is 1. The molecule has 0 atom stereocenters. The molecule has 316 valence electrons. The minimum atomic E-state index is -0.257. The maximum absolute atomic E-state index is 2.53. The van der Waals surface area contributed by atoms with E-state index in [0.29, 0.717) is 0 Å². The minimum absolute atomic E-state index is 0.257. The van der Waals surface area contributed by atoms with E-state index in [1.807, 2.05) is 0 Å². The number of aromatic nitrogens is 1. The van der Waals surface area contributed by atoms with Crippen LogP contribution in [-0.4, -0.2) is 4.57 Å². The zero-order valence-electron chi connectivity index (χ0n) is 37.5. The first kappa shape index (κ1) is 39.0. The van der Waals surface area contributed by atoms with Crippen LogP contribution in [0.2, 0.25) is 0 Å². The molecule has 0 saturated heterocycles. The van der Waals surface area contributed by atoms with Gasteiger partial charge in [-0.05, 0) is 121 Å². The topological polar surface area (TPSA) is 8.17 Å².